The van der Waals surface area contributed by atoms with Crippen molar-refractivity contribution < 1.29 is 8.78 Å². The number of rotatable bonds is 1. The maximum absolute atomic E-state index is 14.0. The molecule has 2 heterocycles. The minimum atomic E-state index is -0.660. The topological polar surface area (TPSA) is 30.7 Å². The lowest BCUT2D eigenvalue weighted by molar-refractivity contribution is 0.584. The Morgan fingerprint density at radius 1 is 1.15 bits per heavy atom. The normalized spacial score (nSPS) is 11.2. The smallest absolute Gasteiger partial charge is 0.160 e. The van der Waals surface area contributed by atoms with Gasteiger partial charge in [0, 0.05) is 17.7 Å². The van der Waals surface area contributed by atoms with Crippen molar-refractivity contribution in [2.75, 3.05) is 0 Å². The number of aryl methyl sites for hydroxylation is 2. The zero-order chi connectivity index (χ0) is 14.4. The van der Waals surface area contributed by atoms with E-state index in [2.05, 4.69) is 25.9 Å². The second-order valence-electron chi connectivity index (χ2n) is 4.59. The van der Waals surface area contributed by atoms with Crippen molar-refractivity contribution in [1.29, 1.82) is 0 Å². The highest BCUT2D eigenvalue weighted by atomic mass is 79.9. The van der Waals surface area contributed by atoms with Crippen LogP contribution in [0, 0.1) is 18.6 Å². The van der Waals surface area contributed by atoms with Crippen LogP contribution in [0.1, 0.15) is 5.56 Å². The Kier molecular flexibility index (Phi) is 3.05. The van der Waals surface area contributed by atoms with Crippen LogP contribution in [0.5, 0.6) is 0 Å². The van der Waals surface area contributed by atoms with E-state index >= 15 is 0 Å². The Bertz CT molecular complexity index is 804. The first-order chi connectivity index (χ1) is 9.47. The van der Waals surface area contributed by atoms with E-state index in [4.69, 9.17) is 0 Å². The highest BCUT2D eigenvalue weighted by Gasteiger charge is 2.19. The zero-order valence-electron chi connectivity index (χ0n) is 10.8. The van der Waals surface area contributed by atoms with Gasteiger partial charge in [-0.1, -0.05) is 15.9 Å². The maximum atomic E-state index is 14.0. The van der Waals surface area contributed by atoms with Gasteiger partial charge in [0.1, 0.15) is 23.0 Å². The third-order valence-electron chi connectivity index (χ3n) is 3.08. The van der Waals surface area contributed by atoms with Gasteiger partial charge in [-0.25, -0.2) is 18.7 Å². The van der Waals surface area contributed by atoms with Crippen molar-refractivity contribution in [2.45, 2.75) is 6.92 Å². The van der Waals surface area contributed by atoms with Crippen LogP contribution in [0.4, 0.5) is 8.78 Å². The van der Waals surface area contributed by atoms with E-state index < -0.39 is 11.6 Å². The quantitative estimate of drug-likeness (QED) is 0.672. The van der Waals surface area contributed by atoms with Gasteiger partial charge in [0.05, 0.1) is 5.56 Å². The fourth-order valence-corrected chi connectivity index (χ4v) is 2.56. The molecular weight excluding hydrogens is 328 g/mol. The van der Waals surface area contributed by atoms with Gasteiger partial charge in [-0.05, 0) is 30.7 Å². The number of nitrogens with zero attached hydrogens (tertiary/aromatic N) is 3. The van der Waals surface area contributed by atoms with E-state index in [0.717, 1.165) is 5.56 Å². The summed E-state index contributed by atoms with van der Waals surface area (Å²) < 4.78 is 30.0. The summed E-state index contributed by atoms with van der Waals surface area (Å²) in [7, 11) is 1.69. The van der Waals surface area contributed by atoms with Crippen molar-refractivity contribution >= 4 is 27.1 Å². The van der Waals surface area contributed by atoms with Gasteiger partial charge in [0.15, 0.2) is 5.65 Å². The predicted molar refractivity (Wildman–Crippen MR) is 76.3 cm³/mol. The molecule has 0 amide bonds. The first-order valence-corrected chi connectivity index (χ1v) is 6.70. The van der Waals surface area contributed by atoms with Gasteiger partial charge in [-0.2, -0.15) is 0 Å². The average molecular weight is 338 g/mol. The Labute approximate surface area is 122 Å². The molecule has 0 atom stereocenters. The van der Waals surface area contributed by atoms with Gasteiger partial charge in [0.25, 0.3) is 0 Å². The van der Waals surface area contributed by atoms with Crippen LogP contribution in [-0.4, -0.2) is 14.5 Å². The number of halogens is 3. The third-order valence-corrected chi connectivity index (χ3v) is 3.53. The highest BCUT2D eigenvalue weighted by molar-refractivity contribution is 9.10. The van der Waals surface area contributed by atoms with Crippen LogP contribution in [0.2, 0.25) is 0 Å². The molecule has 0 radical (unpaired) electrons. The molecule has 0 aliphatic heterocycles. The van der Waals surface area contributed by atoms with Crippen molar-refractivity contribution in [3.8, 4) is 11.4 Å². The zero-order valence-corrected chi connectivity index (χ0v) is 12.4. The second kappa shape index (κ2) is 4.63. The summed E-state index contributed by atoms with van der Waals surface area (Å²) in [6.07, 6.45) is 1.70. The van der Waals surface area contributed by atoms with E-state index in [1.807, 2.05) is 13.0 Å². The monoisotopic (exact) mass is 337 g/mol. The predicted octanol–water partition coefficient (Wildman–Crippen LogP) is 3.98. The maximum Gasteiger partial charge on any atom is 0.160 e. The minimum Gasteiger partial charge on any atom is -0.312 e. The summed E-state index contributed by atoms with van der Waals surface area (Å²) in [5.41, 5.74) is 2.00. The first-order valence-electron chi connectivity index (χ1n) is 5.91. The molecule has 0 N–H and O–H groups in total. The summed E-state index contributed by atoms with van der Waals surface area (Å²) in [6.45, 7) is 1.89. The van der Waals surface area contributed by atoms with Gasteiger partial charge in [-0.3, -0.25) is 0 Å². The van der Waals surface area contributed by atoms with Crippen LogP contribution < -0.4 is 0 Å². The van der Waals surface area contributed by atoms with Crippen LogP contribution in [-0.2, 0) is 7.05 Å². The molecule has 0 spiro atoms. The minimum absolute atomic E-state index is 0.147. The molecule has 2 aromatic heterocycles. The second-order valence-corrected chi connectivity index (χ2v) is 5.51. The number of aromatic nitrogens is 3. The van der Waals surface area contributed by atoms with E-state index in [1.54, 1.807) is 17.8 Å². The van der Waals surface area contributed by atoms with Gasteiger partial charge >= 0.3 is 0 Å². The van der Waals surface area contributed by atoms with Crippen LogP contribution in [0.15, 0.2) is 28.9 Å². The van der Waals surface area contributed by atoms with E-state index in [-0.39, 0.29) is 11.4 Å². The molecule has 102 valence electrons. The number of fused-ring (bicyclic) bond motifs is 1. The van der Waals surface area contributed by atoms with Gasteiger partial charge < -0.3 is 4.57 Å². The molecular formula is C14H10BrF2N3. The van der Waals surface area contributed by atoms with E-state index in [0.29, 0.717) is 15.6 Å². The molecule has 3 nitrogen and oxygen atoms in total. The standard InChI is InChI=1S/C14H10BrF2N3/c1-7-3-11-13(18-6-7)20(2)14(19-11)12-9(16)4-8(15)5-10(12)17/h3-6H,1-2H3. The highest BCUT2D eigenvalue weighted by Crippen LogP contribution is 2.30. The molecule has 1 aromatic carbocycles. The number of hydrogen-bond acceptors (Lipinski definition) is 2. The van der Waals surface area contributed by atoms with Crippen LogP contribution in [0.3, 0.4) is 0 Å². The van der Waals surface area contributed by atoms with Crippen molar-refractivity contribution in [2.24, 2.45) is 7.05 Å². The van der Waals surface area contributed by atoms with Crippen molar-refractivity contribution in [1.82, 2.24) is 14.5 Å². The summed E-state index contributed by atoms with van der Waals surface area (Å²) in [6, 6.07) is 4.27. The van der Waals surface area contributed by atoms with E-state index in [1.165, 1.54) is 12.1 Å². The Hall–Kier alpha value is -1.82. The lowest BCUT2D eigenvalue weighted by Crippen LogP contribution is -1.99. The summed E-state index contributed by atoms with van der Waals surface area (Å²) in [5, 5.41) is 0. The number of hydrogen-bond donors (Lipinski definition) is 0. The summed E-state index contributed by atoms with van der Waals surface area (Å²) >= 11 is 3.06. The van der Waals surface area contributed by atoms with E-state index in [9.17, 15) is 8.78 Å². The van der Waals surface area contributed by atoms with Gasteiger partial charge in [-0.15, -0.1) is 0 Å². The van der Waals surface area contributed by atoms with Crippen LogP contribution >= 0.6 is 15.9 Å². The largest absolute Gasteiger partial charge is 0.312 e. The molecule has 20 heavy (non-hydrogen) atoms. The molecule has 0 saturated heterocycles. The van der Waals surface area contributed by atoms with Crippen molar-refractivity contribution in [3.05, 3.63) is 46.1 Å². The molecule has 3 aromatic rings. The SMILES string of the molecule is Cc1cnc2c(c1)nc(-c1c(F)cc(Br)cc1F)n2C. The van der Waals surface area contributed by atoms with Gasteiger partial charge in [0.2, 0.25) is 0 Å². The summed E-state index contributed by atoms with van der Waals surface area (Å²) in [5.74, 6) is -1.10. The lowest BCUT2D eigenvalue weighted by atomic mass is 10.2. The molecule has 0 unspecified atom stereocenters. The fourth-order valence-electron chi connectivity index (χ4n) is 2.16. The summed E-state index contributed by atoms with van der Waals surface area (Å²) in [4.78, 5) is 8.55. The first kappa shape index (κ1) is 13.2. The van der Waals surface area contributed by atoms with Crippen LogP contribution in [0.25, 0.3) is 22.6 Å². The Balaban J connectivity index is 2.33. The Morgan fingerprint density at radius 2 is 1.80 bits per heavy atom. The average Bonchev–Trinajstić information content (AvgIpc) is 2.65. The molecule has 0 aliphatic rings. The lowest BCUT2D eigenvalue weighted by Gasteiger charge is -2.05. The Morgan fingerprint density at radius 3 is 2.45 bits per heavy atom. The molecule has 0 saturated carbocycles. The molecule has 0 bridgehead atoms. The third kappa shape index (κ3) is 2.00. The molecule has 3 rings (SSSR count). The molecule has 6 heteroatoms. The molecule has 0 fully saturated rings. The molecule has 0 aliphatic carbocycles. The van der Waals surface area contributed by atoms with Crippen molar-refractivity contribution in [3.63, 3.8) is 0 Å². The fraction of sp³-hybridized carbons (Fsp3) is 0.143. The number of imidazole rings is 1. The number of pyridine rings is 1. The number of benzene rings is 1.